The molecule has 8 heteroatoms. The van der Waals surface area contributed by atoms with E-state index >= 15 is 0 Å². The number of benzene rings is 1. The van der Waals surface area contributed by atoms with E-state index in [4.69, 9.17) is 16.3 Å². The molecular weight excluding hydrogens is 390 g/mol. The Morgan fingerprint density at radius 1 is 1.24 bits per heavy atom. The standard InChI is InChI=1S/C21H22ClN5O2/c1-3-4-11-29-16-8-6-5-7-14(16)15-12-19(28)23-21-20(15)13(2)26-27(21)18-10-9-17(22)24-25-18/h5-10,15H,3-4,11-12H2,1-2H3,(H,23,28)/t15-/m0/s1. The zero-order valence-electron chi connectivity index (χ0n) is 16.4. The summed E-state index contributed by atoms with van der Waals surface area (Å²) in [6.07, 6.45) is 2.38. The van der Waals surface area contributed by atoms with E-state index in [1.165, 1.54) is 0 Å². The maximum absolute atomic E-state index is 12.6. The van der Waals surface area contributed by atoms with Crippen LogP contribution in [0.5, 0.6) is 5.75 Å². The number of hydrogen-bond acceptors (Lipinski definition) is 5. The molecule has 0 aliphatic carbocycles. The number of aryl methyl sites for hydroxylation is 1. The number of rotatable bonds is 6. The summed E-state index contributed by atoms with van der Waals surface area (Å²) in [5.41, 5.74) is 2.78. The van der Waals surface area contributed by atoms with E-state index in [0.29, 0.717) is 29.8 Å². The molecule has 29 heavy (non-hydrogen) atoms. The highest BCUT2D eigenvalue weighted by molar-refractivity contribution is 6.29. The van der Waals surface area contributed by atoms with E-state index in [9.17, 15) is 4.79 Å². The molecule has 1 aliphatic rings. The summed E-state index contributed by atoms with van der Waals surface area (Å²) in [6.45, 7) is 4.71. The Hall–Kier alpha value is -2.93. The zero-order chi connectivity index (χ0) is 20.4. The molecule has 1 amide bonds. The fraction of sp³-hybridized carbons (Fsp3) is 0.333. The third kappa shape index (κ3) is 3.82. The Bertz CT molecular complexity index is 1030. The largest absolute Gasteiger partial charge is 0.493 e. The predicted octanol–water partition coefficient (Wildman–Crippen LogP) is 4.28. The van der Waals surface area contributed by atoms with Gasteiger partial charge in [-0.2, -0.15) is 9.78 Å². The second-order valence-corrected chi connectivity index (χ2v) is 7.41. The van der Waals surface area contributed by atoms with E-state index < -0.39 is 0 Å². The minimum atomic E-state index is -0.148. The SMILES string of the molecule is CCCCOc1ccccc1[C@@H]1CC(=O)Nc2c1c(C)nn2-c1ccc(Cl)nn1. The third-order valence-corrected chi connectivity index (χ3v) is 5.19. The van der Waals surface area contributed by atoms with Crippen LogP contribution in [-0.4, -0.2) is 32.5 Å². The van der Waals surface area contributed by atoms with Crippen LogP contribution >= 0.6 is 11.6 Å². The van der Waals surface area contributed by atoms with Crippen molar-refractivity contribution >= 4 is 23.3 Å². The van der Waals surface area contributed by atoms with Crippen molar-refractivity contribution in [2.24, 2.45) is 0 Å². The van der Waals surface area contributed by atoms with Crippen molar-refractivity contribution in [1.82, 2.24) is 20.0 Å². The van der Waals surface area contributed by atoms with Crippen molar-refractivity contribution in [2.75, 3.05) is 11.9 Å². The number of fused-ring (bicyclic) bond motifs is 1. The van der Waals surface area contributed by atoms with Crippen molar-refractivity contribution in [3.8, 4) is 11.6 Å². The second-order valence-electron chi connectivity index (χ2n) is 7.02. The lowest BCUT2D eigenvalue weighted by Gasteiger charge is -2.25. The van der Waals surface area contributed by atoms with E-state index in [1.54, 1.807) is 16.8 Å². The number of unbranched alkanes of at least 4 members (excludes halogenated alkanes) is 1. The molecule has 3 heterocycles. The molecule has 0 saturated carbocycles. The summed E-state index contributed by atoms with van der Waals surface area (Å²) in [4.78, 5) is 12.6. The molecule has 1 aromatic carbocycles. The van der Waals surface area contributed by atoms with Gasteiger partial charge in [0.25, 0.3) is 0 Å². The van der Waals surface area contributed by atoms with Gasteiger partial charge in [-0.25, -0.2) is 0 Å². The molecule has 1 atom stereocenters. The van der Waals surface area contributed by atoms with Gasteiger partial charge >= 0.3 is 0 Å². The molecule has 3 aromatic rings. The average Bonchev–Trinajstić information content (AvgIpc) is 3.05. The number of amides is 1. The topological polar surface area (TPSA) is 81.9 Å². The van der Waals surface area contributed by atoms with Crippen molar-refractivity contribution in [2.45, 2.75) is 39.0 Å². The quantitative estimate of drug-likeness (QED) is 0.612. The normalized spacial score (nSPS) is 15.7. The number of anilines is 1. The van der Waals surface area contributed by atoms with Crippen LogP contribution in [0.3, 0.4) is 0 Å². The predicted molar refractivity (Wildman–Crippen MR) is 111 cm³/mol. The summed E-state index contributed by atoms with van der Waals surface area (Å²) in [5.74, 6) is 1.69. The first-order valence-electron chi connectivity index (χ1n) is 9.69. The molecule has 1 aliphatic heterocycles. The molecule has 4 rings (SSSR count). The minimum absolute atomic E-state index is 0.0751. The first-order valence-corrected chi connectivity index (χ1v) is 10.1. The number of carbonyl (C=O) groups excluding carboxylic acids is 1. The molecule has 7 nitrogen and oxygen atoms in total. The Morgan fingerprint density at radius 3 is 2.83 bits per heavy atom. The number of hydrogen-bond donors (Lipinski definition) is 1. The zero-order valence-corrected chi connectivity index (χ0v) is 17.1. The highest BCUT2D eigenvalue weighted by Gasteiger charge is 2.34. The number of nitrogens with zero attached hydrogens (tertiary/aromatic N) is 4. The number of para-hydroxylation sites is 1. The summed E-state index contributed by atoms with van der Waals surface area (Å²) in [6, 6.07) is 11.3. The Kier molecular flexibility index (Phi) is 5.49. The molecule has 0 saturated heterocycles. The number of ether oxygens (including phenoxy) is 1. The van der Waals surface area contributed by atoms with Crippen molar-refractivity contribution < 1.29 is 9.53 Å². The number of aromatic nitrogens is 4. The minimum Gasteiger partial charge on any atom is -0.493 e. The number of nitrogens with one attached hydrogen (secondary N) is 1. The van der Waals surface area contributed by atoms with Crippen molar-refractivity contribution in [1.29, 1.82) is 0 Å². The molecule has 150 valence electrons. The van der Waals surface area contributed by atoms with Gasteiger partial charge in [-0.1, -0.05) is 43.1 Å². The van der Waals surface area contributed by atoms with Gasteiger partial charge in [0, 0.05) is 23.5 Å². The van der Waals surface area contributed by atoms with Gasteiger partial charge in [-0.05, 0) is 31.5 Å². The van der Waals surface area contributed by atoms with Gasteiger partial charge in [0.1, 0.15) is 11.6 Å². The van der Waals surface area contributed by atoms with Gasteiger partial charge in [-0.3, -0.25) is 4.79 Å². The fourth-order valence-corrected chi connectivity index (χ4v) is 3.73. The summed E-state index contributed by atoms with van der Waals surface area (Å²) >= 11 is 5.86. The smallest absolute Gasteiger partial charge is 0.226 e. The van der Waals surface area contributed by atoms with Crippen LogP contribution in [0.2, 0.25) is 5.15 Å². The third-order valence-electron chi connectivity index (χ3n) is 4.99. The average molecular weight is 412 g/mol. The molecule has 0 spiro atoms. The lowest BCUT2D eigenvalue weighted by Crippen LogP contribution is -2.25. The highest BCUT2D eigenvalue weighted by atomic mass is 35.5. The molecule has 0 radical (unpaired) electrons. The van der Waals surface area contributed by atoms with E-state index in [1.807, 2.05) is 31.2 Å². The van der Waals surface area contributed by atoms with Gasteiger partial charge in [0.15, 0.2) is 11.0 Å². The molecule has 0 bridgehead atoms. The second kappa shape index (κ2) is 8.21. The Morgan fingerprint density at radius 2 is 2.07 bits per heavy atom. The van der Waals surface area contributed by atoms with Crippen molar-refractivity contribution in [3.05, 3.63) is 58.4 Å². The Labute approximate surface area is 174 Å². The van der Waals surface area contributed by atoms with Crippen molar-refractivity contribution in [3.63, 3.8) is 0 Å². The fourth-order valence-electron chi connectivity index (χ4n) is 3.63. The van der Waals surface area contributed by atoms with E-state index in [0.717, 1.165) is 35.4 Å². The monoisotopic (exact) mass is 411 g/mol. The van der Waals surface area contributed by atoms with Crippen LogP contribution in [0.4, 0.5) is 5.82 Å². The number of halogens is 1. The van der Waals surface area contributed by atoms with E-state index in [-0.39, 0.29) is 11.8 Å². The maximum Gasteiger partial charge on any atom is 0.226 e. The number of carbonyl (C=O) groups is 1. The lowest BCUT2D eigenvalue weighted by atomic mass is 9.85. The van der Waals surface area contributed by atoms with Gasteiger partial charge in [0.2, 0.25) is 5.91 Å². The summed E-state index contributed by atoms with van der Waals surface area (Å²) in [7, 11) is 0. The summed E-state index contributed by atoms with van der Waals surface area (Å²) in [5, 5.41) is 15.9. The van der Waals surface area contributed by atoms with Gasteiger partial charge in [0.05, 0.1) is 12.3 Å². The van der Waals surface area contributed by atoms with Crippen LogP contribution in [-0.2, 0) is 4.79 Å². The van der Waals surface area contributed by atoms with Crippen LogP contribution < -0.4 is 10.1 Å². The highest BCUT2D eigenvalue weighted by Crippen LogP contribution is 2.42. The van der Waals surface area contributed by atoms with Gasteiger partial charge in [-0.15, -0.1) is 10.2 Å². The van der Waals surface area contributed by atoms with E-state index in [2.05, 4.69) is 27.5 Å². The Balaban J connectivity index is 1.78. The molecule has 1 N–H and O–H groups in total. The van der Waals surface area contributed by atoms with Gasteiger partial charge < -0.3 is 10.1 Å². The molecule has 2 aromatic heterocycles. The van der Waals surface area contributed by atoms with Crippen LogP contribution in [0.15, 0.2) is 36.4 Å². The molecular formula is C21H22ClN5O2. The molecule has 0 fully saturated rings. The van der Waals surface area contributed by atoms with Crippen LogP contribution in [0.1, 0.15) is 48.9 Å². The molecule has 0 unspecified atom stereocenters. The first kappa shape index (κ1) is 19.4. The van der Waals surface area contributed by atoms with Crippen LogP contribution in [0.25, 0.3) is 5.82 Å². The lowest BCUT2D eigenvalue weighted by molar-refractivity contribution is -0.116. The maximum atomic E-state index is 12.6. The summed E-state index contributed by atoms with van der Waals surface area (Å²) < 4.78 is 7.64. The first-order chi connectivity index (χ1) is 14.1. The van der Waals surface area contributed by atoms with Crippen LogP contribution in [0, 0.1) is 6.92 Å².